The minimum absolute atomic E-state index is 0.304. The summed E-state index contributed by atoms with van der Waals surface area (Å²) in [6.07, 6.45) is 1.69. The maximum Gasteiger partial charge on any atom is 0.274 e. The maximum atomic E-state index is 12.3. The maximum absolute atomic E-state index is 12.3. The molecular formula is C16H15Cl2N3O2. The summed E-state index contributed by atoms with van der Waals surface area (Å²) in [4.78, 5) is 18.7. The highest BCUT2D eigenvalue weighted by atomic mass is 35.5. The first-order valence-electron chi connectivity index (χ1n) is 7.19. The van der Waals surface area contributed by atoms with Crippen molar-refractivity contribution in [2.45, 2.75) is 0 Å². The second-order valence-electron chi connectivity index (χ2n) is 5.05. The molecule has 1 N–H and O–H groups in total. The Kier molecular flexibility index (Phi) is 5.00. The number of halogens is 2. The van der Waals surface area contributed by atoms with Gasteiger partial charge in [0.15, 0.2) is 0 Å². The van der Waals surface area contributed by atoms with E-state index in [0.29, 0.717) is 34.6 Å². The minimum Gasteiger partial charge on any atom is -0.378 e. The van der Waals surface area contributed by atoms with Crippen LogP contribution in [0.1, 0.15) is 10.5 Å². The number of pyridine rings is 1. The molecule has 23 heavy (non-hydrogen) atoms. The van der Waals surface area contributed by atoms with Crippen LogP contribution >= 0.6 is 23.2 Å². The zero-order valence-corrected chi connectivity index (χ0v) is 13.8. The monoisotopic (exact) mass is 351 g/mol. The molecule has 0 unspecified atom stereocenters. The first-order valence-corrected chi connectivity index (χ1v) is 7.95. The third kappa shape index (κ3) is 3.75. The minimum atomic E-state index is -0.353. The normalized spacial score (nSPS) is 14.6. The highest BCUT2D eigenvalue weighted by Gasteiger charge is 2.15. The molecule has 3 rings (SSSR count). The molecule has 0 saturated carbocycles. The number of benzene rings is 1. The third-order valence-electron chi connectivity index (χ3n) is 3.56. The molecule has 1 amide bonds. The fourth-order valence-electron chi connectivity index (χ4n) is 2.32. The number of aromatic nitrogens is 1. The molecule has 120 valence electrons. The highest BCUT2D eigenvalue weighted by molar-refractivity contribution is 6.39. The molecule has 0 spiro atoms. The summed E-state index contributed by atoms with van der Waals surface area (Å²) in [7, 11) is 0. The molecule has 2 aromatic rings. The van der Waals surface area contributed by atoms with Crippen LogP contribution in [0.15, 0.2) is 36.5 Å². The van der Waals surface area contributed by atoms with Gasteiger partial charge in [-0.25, -0.2) is 4.98 Å². The highest BCUT2D eigenvalue weighted by Crippen LogP contribution is 2.30. The standard InChI is InChI=1S/C16H15Cl2N3O2/c17-12-2-1-3-13(18)15(12)20-16(22)14-5-4-11(10-19-14)21-6-8-23-9-7-21/h1-5,10H,6-9H2,(H,20,22). The van der Waals surface area contributed by atoms with Gasteiger partial charge in [0.1, 0.15) is 5.69 Å². The summed E-state index contributed by atoms with van der Waals surface area (Å²) >= 11 is 12.1. The van der Waals surface area contributed by atoms with Gasteiger partial charge in [-0.2, -0.15) is 0 Å². The molecule has 2 heterocycles. The van der Waals surface area contributed by atoms with E-state index in [1.807, 2.05) is 6.07 Å². The van der Waals surface area contributed by atoms with E-state index in [0.717, 1.165) is 18.8 Å². The van der Waals surface area contributed by atoms with E-state index in [1.165, 1.54) is 0 Å². The van der Waals surface area contributed by atoms with Gasteiger partial charge in [0.2, 0.25) is 0 Å². The molecule has 7 heteroatoms. The number of rotatable bonds is 3. The number of morpholine rings is 1. The third-order valence-corrected chi connectivity index (χ3v) is 4.19. The van der Waals surface area contributed by atoms with Crippen molar-refractivity contribution in [2.24, 2.45) is 0 Å². The molecule has 1 fully saturated rings. The van der Waals surface area contributed by atoms with Crippen molar-refractivity contribution < 1.29 is 9.53 Å². The van der Waals surface area contributed by atoms with Crippen LogP contribution in [0.4, 0.5) is 11.4 Å². The Morgan fingerprint density at radius 3 is 2.43 bits per heavy atom. The Labute approximate surface area is 144 Å². The molecule has 0 atom stereocenters. The van der Waals surface area contributed by atoms with E-state index < -0.39 is 0 Å². The van der Waals surface area contributed by atoms with E-state index in [-0.39, 0.29) is 5.91 Å². The van der Waals surface area contributed by atoms with Crippen molar-refractivity contribution >= 4 is 40.5 Å². The summed E-state index contributed by atoms with van der Waals surface area (Å²) in [6.45, 7) is 3.05. The number of hydrogen-bond acceptors (Lipinski definition) is 4. The first-order chi connectivity index (χ1) is 11.1. The topological polar surface area (TPSA) is 54.5 Å². The van der Waals surface area contributed by atoms with Gasteiger partial charge in [0.25, 0.3) is 5.91 Å². The Morgan fingerprint density at radius 2 is 1.83 bits per heavy atom. The molecule has 1 aromatic heterocycles. The molecule has 0 aliphatic carbocycles. The first kappa shape index (κ1) is 16.1. The zero-order valence-electron chi connectivity index (χ0n) is 12.3. The molecule has 1 aromatic carbocycles. The summed E-state index contributed by atoms with van der Waals surface area (Å²) in [5.41, 5.74) is 1.67. The van der Waals surface area contributed by atoms with Gasteiger partial charge in [-0.05, 0) is 24.3 Å². The lowest BCUT2D eigenvalue weighted by Gasteiger charge is -2.28. The Balaban J connectivity index is 1.72. The average Bonchev–Trinajstić information content (AvgIpc) is 2.59. The molecule has 1 saturated heterocycles. The quantitative estimate of drug-likeness (QED) is 0.919. The largest absolute Gasteiger partial charge is 0.378 e. The summed E-state index contributed by atoms with van der Waals surface area (Å²) in [6, 6.07) is 8.61. The average molecular weight is 352 g/mol. The lowest BCUT2D eigenvalue weighted by molar-refractivity contribution is 0.102. The van der Waals surface area contributed by atoms with Crippen molar-refractivity contribution in [2.75, 3.05) is 36.5 Å². The van der Waals surface area contributed by atoms with Gasteiger partial charge >= 0.3 is 0 Å². The number of nitrogens with one attached hydrogen (secondary N) is 1. The lowest BCUT2D eigenvalue weighted by atomic mass is 10.2. The van der Waals surface area contributed by atoms with Crippen LogP contribution in [0.5, 0.6) is 0 Å². The molecule has 5 nitrogen and oxygen atoms in total. The Hall–Kier alpha value is -1.82. The Morgan fingerprint density at radius 1 is 1.13 bits per heavy atom. The van der Waals surface area contributed by atoms with Crippen LogP contribution < -0.4 is 10.2 Å². The predicted octanol–water partition coefficient (Wildman–Crippen LogP) is 3.48. The van der Waals surface area contributed by atoms with Crippen LogP contribution in [0.2, 0.25) is 10.0 Å². The number of carbonyl (C=O) groups is 1. The second-order valence-corrected chi connectivity index (χ2v) is 5.87. The number of hydrogen-bond donors (Lipinski definition) is 1. The van der Waals surface area contributed by atoms with E-state index in [2.05, 4.69) is 15.2 Å². The van der Waals surface area contributed by atoms with Crippen LogP contribution in [0.25, 0.3) is 0 Å². The number of para-hydroxylation sites is 1. The van der Waals surface area contributed by atoms with Gasteiger partial charge in [-0.1, -0.05) is 29.3 Å². The fraction of sp³-hybridized carbons (Fsp3) is 0.250. The SMILES string of the molecule is O=C(Nc1c(Cl)cccc1Cl)c1ccc(N2CCOCC2)cn1. The van der Waals surface area contributed by atoms with Crippen LogP contribution in [0.3, 0.4) is 0 Å². The number of carbonyl (C=O) groups excluding carboxylic acids is 1. The summed E-state index contributed by atoms with van der Waals surface area (Å²) < 4.78 is 5.32. The van der Waals surface area contributed by atoms with Gasteiger partial charge in [0.05, 0.1) is 40.8 Å². The fourth-order valence-corrected chi connectivity index (χ4v) is 2.82. The van der Waals surface area contributed by atoms with Crippen molar-refractivity contribution in [3.63, 3.8) is 0 Å². The zero-order chi connectivity index (χ0) is 16.2. The van der Waals surface area contributed by atoms with E-state index in [9.17, 15) is 4.79 Å². The summed E-state index contributed by atoms with van der Waals surface area (Å²) in [5, 5.41) is 3.46. The van der Waals surface area contributed by atoms with Crippen molar-refractivity contribution in [1.82, 2.24) is 4.98 Å². The number of nitrogens with zero attached hydrogens (tertiary/aromatic N) is 2. The molecule has 0 bridgehead atoms. The van der Waals surface area contributed by atoms with E-state index >= 15 is 0 Å². The molecule has 1 aliphatic rings. The predicted molar refractivity (Wildman–Crippen MR) is 91.7 cm³/mol. The van der Waals surface area contributed by atoms with Crippen LogP contribution in [-0.4, -0.2) is 37.2 Å². The number of ether oxygens (including phenoxy) is 1. The smallest absolute Gasteiger partial charge is 0.274 e. The van der Waals surface area contributed by atoms with Crippen molar-refractivity contribution in [1.29, 1.82) is 0 Å². The van der Waals surface area contributed by atoms with Gasteiger partial charge < -0.3 is 15.0 Å². The molecule has 0 radical (unpaired) electrons. The van der Waals surface area contributed by atoms with Gasteiger partial charge in [0, 0.05) is 13.1 Å². The number of amides is 1. The molecular weight excluding hydrogens is 337 g/mol. The molecule has 1 aliphatic heterocycles. The van der Waals surface area contributed by atoms with Crippen molar-refractivity contribution in [3.8, 4) is 0 Å². The van der Waals surface area contributed by atoms with Crippen LogP contribution in [0, 0.1) is 0 Å². The number of anilines is 2. The van der Waals surface area contributed by atoms with Crippen LogP contribution in [-0.2, 0) is 4.74 Å². The van der Waals surface area contributed by atoms with E-state index in [1.54, 1.807) is 30.5 Å². The van der Waals surface area contributed by atoms with Gasteiger partial charge in [-0.15, -0.1) is 0 Å². The van der Waals surface area contributed by atoms with Crippen molar-refractivity contribution in [3.05, 3.63) is 52.3 Å². The van der Waals surface area contributed by atoms with Gasteiger partial charge in [-0.3, -0.25) is 4.79 Å². The summed E-state index contributed by atoms with van der Waals surface area (Å²) in [5.74, 6) is -0.353. The lowest BCUT2D eigenvalue weighted by Crippen LogP contribution is -2.36. The Bertz CT molecular complexity index is 681. The second kappa shape index (κ2) is 7.17. The van der Waals surface area contributed by atoms with E-state index in [4.69, 9.17) is 27.9 Å².